The topological polar surface area (TPSA) is 125 Å². The molecule has 0 unspecified atom stereocenters. The van der Waals surface area contributed by atoms with Gasteiger partial charge < -0.3 is 29.1 Å². The van der Waals surface area contributed by atoms with Gasteiger partial charge in [0.05, 0.1) is 19.7 Å². The zero-order valence-electron chi connectivity index (χ0n) is 15.0. The second kappa shape index (κ2) is 7.67. The van der Waals surface area contributed by atoms with Gasteiger partial charge >= 0.3 is 7.60 Å². The molecule has 11 heteroatoms. The van der Waals surface area contributed by atoms with Crippen LogP contribution in [0.4, 0.5) is 5.82 Å². The Morgan fingerprint density at radius 3 is 2.33 bits per heavy atom. The van der Waals surface area contributed by atoms with E-state index in [-0.39, 0.29) is 0 Å². The molecule has 10 nitrogen and oxygen atoms in total. The molecule has 1 aromatic carbocycles. The standard InChI is InChI=1S/C16H21N4O6P/c1-25-13-7-11-12(8-14(13)26-2)17-10-18-16(11)20-5-3-19(4-6-20)15(21)9-27(22,23)24/h7-8,10H,3-6,9H2,1-2H3,(H2,22,23,24). The van der Waals surface area contributed by atoms with Crippen LogP contribution in [0.15, 0.2) is 18.5 Å². The molecule has 1 aromatic heterocycles. The van der Waals surface area contributed by atoms with E-state index in [4.69, 9.17) is 19.3 Å². The largest absolute Gasteiger partial charge is 0.493 e. The minimum absolute atomic E-state index is 0.359. The third kappa shape index (κ3) is 4.29. The van der Waals surface area contributed by atoms with E-state index in [1.807, 2.05) is 11.0 Å². The summed E-state index contributed by atoms with van der Waals surface area (Å²) in [5.74, 6) is 1.31. The Balaban J connectivity index is 1.81. The maximum atomic E-state index is 12.0. The molecular formula is C16H21N4O6P. The molecule has 146 valence electrons. The highest BCUT2D eigenvalue weighted by Gasteiger charge is 2.28. The summed E-state index contributed by atoms with van der Waals surface area (Å²) in [6.45, 7) is 1.70. The number of methoxy groups -OCH3 is 2. The monoisotopic (exact) mass is 396 g/mol. The van der Waals surface area contributed by atoms with Crippen molar-refractivity contribution in [2.75, 3.05) is 51.5 Å². The highest BCUT2D eigenvalue weighted by molar-refractivity contribution is 7.52. The smallest absolute Gasteiger partial charge is 0.334 e. The quantitative estimate of drug-likeness (QED) is 0.694. The third-order valence-electron chi connectivity index (χ3n) is 4.39. The van der Waals surface area contributed by atoms with E-state index in [2.05, 4.69) is 9.97 Å². The van der Waals surface area contributed by atoms with Crippen LogP contribution in [-0.4, -0.2) is 77.1 Å². The van der Waals surface area contributed by atoms with Crippen molar-refractivity contribution in [2.24, 2.45) is 0 Å². The highest BCUT2D eigenvalue weighted by Crippen LogP contribution is 2.36. The van der Waals surface area contributed by atoms with Crippen molar-refractivity contribution < 1.29 is 28.6 Å². The fraction of sp³-hybridized carbons (Fsp3) is 0.438. The van der Waals surface area contributed by atoms with Gasteiger partial charge in [-0.25, -0.2) is 9.97 Å². The lowest BCUT2D eigenvalue weighted by Gasteiger charge is -2.35. The first-order valence-electron chi connectivity index (χ1n) is 8.26. The van der Waals surface area contributed by atoms with Crippen molar-refractivity contribution in [2.45, 2.75) is 0 Å². The van der Waals surface area contributed by atoms with Gasteiger partial charge in [0.1, 0.15) is 18.3 Å². The average Bonchev–Trinajstić information content (AvgIpc) is 2.65. The second-order valence-electron chi connectivity index (χ2n) is 6.11. The number of carbonyl (C=O) groups is 1. The summed E-state index contributed by atoms with van der Waals surface area (Å²) < 4.78 is 21.7. The van der Waals surface area contributed by atoms with Crippen LogP contribution < -0.4 is 14.4 Å². The van der Waals surface area contributed by atoms with E-state index in [1.54, 1.807) is 20.3 Å². The van der Waals surface area contributed by atoms with Gasteiger partial charge in [-0.05, 0) is 6.07 Å². The zero-order valence-corrected chi connectivity index (χ0v) is 15.9. The average molecular weight is 396 g/mol. The number of hydrogen-bond acceptors (Lipinski definition) is 7. The van der Waals surface area contributed by atoms with Gasteiger partial charge in [0, 0.05) is 37.6 Å². The van der Waals surface area contributed by atoms with E-state index in [0.29, 0.717) is 49.0 Å². The first kappa shape index (κ1) is 19.3. The van der Waals surface area contributed by atoms with Crippen LogP contribution >= 0.6 is 7.60 Å². The number of aromatic nitrogens is 2. The van der Waals surface area contributed by atoms with Gasteiger partial charge in [-0.3, -0.25) is 9.36 Å². The summed E-state index contributed by atoms with van der Waals surface area (Å²) in [6.07, 6.45) is 0.704. The normalized spacial score (nSPS) is 15.1. The Hall–Kier alpha value is -2.42. The summed E-state index contributed by atoms with van der Waals surface area (Å²) in [5.41, 5.74) is 0.706. The molecule has 0 aliphatic carbocycles. The number of amides is 1. The second-order valence-corrected chi connectivity index (χ2v) is 7.76. The summed E-state index contributed by atoms with van der Waals surface area (Å²) in [7, 11) is -1.25. The van der Waals surface area contributed by atoms with Crippen LogP contribution in [0.25, 0.3) is 10.9 Å². The van der Waals surface area contributed by atoms with Crippen molar-refractivity contribution in [3.63, 3.8) is 0 Å². The number of ether oxygens (including phenoxy) is 2. The fourth-order valence-corrected chi connectivity index (χ4v) is 3.62. The van der Waals surface area contributed by atoms with E-state index >= 15 is 0 Å². The van der Waals surface area contributed by atoms with E-state index < -0.39 is 19.7 Å². The van der Waals surface area contributed by atoms with Crippen LogP contribution in [0.5, 0.6) is 11.5 Å². The minimum Gasteiger partial charge on any atom is -0.493 e. The minimum atomic E-state index is -4.36. The Bertz CT molecular complexity index is 894. The number of carbonyl (C=O) groups excluding carboxylic acids is 1. The van der Waals surface area contributed by atoms with Gasteiger partial charge in [0.2, 0.25) is 5.91 Å². The molecule has 0 saturated carbocycles. The SMILES string of the molecule is COc1cc2ncnc(N3CCN(C(=O)CP(=O)(O)O)CC3)c2cc1OC. The lowest BCUT2D eigenvalue weighted by atomic mass is 10.2. The van der Waals surface area contributed by atoms with Crippen LogP contribution in [0.3, 0.4) is 0 Å². The lowest BCUT2D eigenvalue weighted by molar-refractivity contribution is -0.128. The summed E-state index contributed by atoms with van der Waals surface area (Å²) >= 11 is 0. The maximum absolute atomic E-state index is 12.0. The molecule has 2 heterocycles. The third-order valence-corrected chi connectivity index (χ3v) is 5.08. The van der Waals surface area contributed by atoms with E-state index in [0.717, 1.165) is 5.39 Å². The molecule has 0 radical (unpaired) electrons. The van der Waals surface area contributed by atoms with Crippen LogP contribution in [0, 0.1) is 0 Å². The maximum Gasteiger partial charge on any atom is 0.334 e. The molecule has 27 heavy (non-hydrogen) atoms. The number of benzene rings is 1. The molecule has 1 aliphatic rings. The molecule has 0 bridgehead atoms. The van der Waals surface area contributed by atoms with Gasteiger partial charge in [-0.15, -0.1) is 0 Å². The van der Waals surface area contributed by atoms with Gasteiger partial charge in [-0.1, -0.05) is 0 Å². The van der Waals surface area contributed by atoms with Gasteiger partial charge in [0.15, 0.2) is 11.5 Å². The number of hydrogen-bond donors (Lipinski definition) is 2. The molecule has 0 spiro atoms. The first-order chi connectivity index (χ1) is 12.8. The Labute approximate surface area is 155 Å². The van der Waals surface area contributed by atoms with Crippen LogP contribution in [0.1, 0.15) is 0 Å². The molecule has 0 atom stereocenters. The summed E-state index contributed by atoms with van der Waals surface area (Å²) in [5, 5.41) is 0.796. The molecule has 1 amide bonds. The van der Waals surface area contributed by atoms with Crippen molar-refractivity contribution in [3.05, 3.63) is 18.5 Å². The molecule has 3 rings (SSSR count). The Morgan fingerprint density at radius 1 is 1.11 bits per heavy atom. The molecule has 2 N–H and O–H groups in total. The highest BCUT2D eigenvalue weighted by atomic mass is 31.2. The number of rotatable bonds is 5. The van der Waals surface area contributed by atoms with Gasteiger partial charge in [-0.2, -0.15) is 0 Å². The zero-order chi connectivity index (χ0) is 19.6. The molecule has 1 aliphatic heterocycles. The lowest BCUT2D eigenvalue weighted by Crippen LogP contribution is -2.49. The van der Waals surface area contributed by atoms with Gasteiger partial charge in [0.25, 0.3) is 0 Å². The number of anilines is 1. The molecule has 1 fully saturated rings. The number of nitrogens with zero attached hydrogens (tertiary/aromatic N) is 4. The van der Waals surface area contributed by atoms with Crippen LogP contribution in [-0.2, 0) is 9.36 Å². The molecule has 2 aromatic rings. The first-order valence-corrected chi connectivity index (χ1v) is 10.1. The Morgan fingerprint density at radius 2 is 1.74 bits per heavy atom. The molecular weight excluding hydrogens is 375 g/mol. The number of fused-ring (bicyclic) bond motifs is 1. The fourth-order valence-electron chi connectivity index (χ4n) is 3.07. The summed E-state index contributed by atoms with van der Waals surface area (Å²) in [6, 6.07) is 3.59. The van der Waals surface area contributed by atoms with Crippen molar-refractivity contribution in [1.82, 2.24) is 14.9 Å². The van der Waals surface area contributed by atoms with E-state index in [1.165, 1.54) is 11.2 Å². The van der Waals surface area contributed by atoms with Crippen molar-refractivity contribution in [1.29, 1.82) is 0 Å². The predicted octanol–water partition coefficient (Wildman–Crippen LogP) is 0.473. The van der Waals surface area contributed by atoms with E-state index in [9.17, 15) is 9.36 Å². The van der Waals surface area contributed by atoms with Crippen molar-refractivity contribution in [3.8, 4) is 11.5 Å². The van der Waals surface area contributed by atoms with Crippen molar-refractivity contribution >= 4 is 30.2 Å². The predicted molar refractivity (Wildman–Crippen MR) is 98.3 cm³/mol. The number of piperazine rings is 1. The van der Waals surface area contributed by atoms with Crippen LogP contribution in [0.2, 0.25) is 0 Å². The summed E-state index contributed by atoms with van der Waals surface area (Å²) in [4.78, 5) is 42.1. The Kier molecular flexibility index (Phi) is 5.50. The molecule has 1 saturated heterocycles.